The predicted octanol–water partition coefficient (Wildman–Crippen LogP) is 2.55. The summed E-state index contributed by atoms with van der Waals surface area (Å²) in [4.78, 5) is 0.227. The Morgan fingerprint density at radius 2 is 1.95 bits per heavy atom. The molecule has 0 radical (unpaired) electrons. The number of benzene rings is 1. The SMILES string of the molecule is Cl.O=S(=O)(NC1CCNCC1)c1ccc(Cl)cc1Br. The molecule has 2 rings (SSSR count). The topological polar surface area (TPSA) is 58.2 Å². The van der Waals surface area contributed by atoms with Crippen LogP contribution in [0.2, 0.25) is 5.02 Å². The second-order valence-electron chi connectivity index (χ2n) is 4.22. The van der Waals surface area contributed by atoms with Crippen LogP contribution in [0.15, 0.2) is 27.6 Å². The Morgan fingerprint density at radius 1 is 1.32 bits per heavy atom. The standard InChI is InChI=1S/C11H14BrClN2O2S.ClH/c12-10-7-8(13)1-2-11(10)18(16,17)15-9-3-5-14-6-4-9;/h1-2,7,9,14-15H,3-6H2;1H. The van der Waals surface area contributed by atoms with E-state index in [1.165, 1.54) is 6.07 Å². The van der Waals surface area contributed by atoms with Gasteiger partial charge in [0.1, 0.15) is 0 Å². The van der Waals surface area contributed by atoms with E-state index < -0.39 is 10.0 Å². The summed E-state index contributed by atoms with van der Waals surface area (Å²) in [5.74, 6) is 0. The quantitative estimate of drug-likeness (QED) is 0.835. The maximum atomic E-state index is 12.2. The van der Waals surface area contributed by atoms with Crippen LogP contribution in [0.4, 0.5) is 0 Å². The van der Waals surface area contributed by atoms with Crippen LogP contribution in [-0.2, 0) is 10.0 Å². The third kappa shape index (κ3) is 4.58. The monoisotopic (exact) mass is 388 g/mol. The molecule has 0 aliphatic carbocycles. The first-order valence-corrected chi connectivity index (χ1v) is 8.32. The lowest BCUT2D eigenvalue weighted by Gasteiger charge is -2.23. The van der Waals surface area contributed by atoms with Gasteiger partial charge in [0.15, 0.2) is 0 Å². The van der Waals surface area contributed by atoms with Crippen molar-refractivity contribution in [3.63, 3.8) is 0 Å². The average Bonchev–Trinajstić information content (AvgIpc) is 2.29. The minimum absolute atomic E-state index is 0. The highest BCUT2D eigenvalue weighted by Gasteiger charge is 2.23. The molecule has 1 aliphatic heterocycles. The van der Waals surface area contributed by atoms with Crippen molar-refractivity contribution in [2.45, 2.75) is 23.8 Å². The van der Waals surface area contributed by atoms with Crippen molar-refractivity contribution < 1.29 is 8.42 Å². The van der Waals surface area contributed by atoms with Crippen LogP contribution in [-0.4, -0.2) is 27.5 Å². The van der Waals surface area contributed by atoms with Gasteiger partial charge in [-0.1, -0.05) is 11.6 Å². The summed E-state index contributed by atoms with van der Waals surface area (Å²) in [6, 6.07) is 4.66. The Kier molecular flexibility index (Phi) is 6.56. The second kappa shape index (κ2) is 7.24. The van der Waals surface area contributed by atoms with Crippen molar-refractivity contribution in [2.24, 2.45) is 0 Å². The summed E-state index contributed by atoms with van der Waals surface area (Å²) < 4.78 is 27.7. The molecule has 0 bridgehead atoms. The summed E-state index contributed by atoms with van der Waals surface area (Å²) in [5, 5.41) is 3.70. The van der Waals surface area contributed by atoms with E-state index in [9.17, 15) is 8.42 Å². The van der Waals surface area contributed by atoms with Crippen molar-refractivity contribution in [3.8, 4) is 0 Å². The molecular formula is C11H15BrCl2N2O2S. The van der Waals surface area contributed by atoms with Gasteiger partial charge in [-0.25, -0.2) is 13.1 Å². The number of piperidine rings is 1. The lowest BCUT2D eigenvalue weighted by Crippen LogP contribution is -2.42. The minimum atomic E-state index is -3.49. The lowest BCUT2D eigenvalue weighted by molar-refractivity contribution is 0.427. The van der Waals surface area contributed by atoms with Crippen LogP contribution in [0.1, 0.15) is 12.8 Å². The molecule has 19 heavy (non-hydrogen) atoms. The van der Waals surface area contributed by atoms with Crippen molar-refractivity contribution in [1.82, 2.24) is 10.0 Å². The molecule has 0 saturated carbocycles. The van der Waals surface area contributed by atoms with Gasteiger partial charge >= 0.3 is 0 Å². The van der Waals surface area contributed by atoms with Crippen LogP contribution < -0.4 is 10.0 Å². The first-order valence-electron chi connectivity index (χ1n) is 5.67. The van der Waals surface area contributed by atoms with Gasteiger partial charge in [0.25, 0.3) is 0 Å². The van der Waals surface area contributed by atoms with Gasteiger partial charge in [-0.05, 0) is 60.1 Å². The second-order valence-corrected chi connectivity index (χ2v) is 7.19. The summed E-state index contributed by atoms with van der Waals surface area (Å²) in [6.07, 6.45) is 1.62. The van der Waals surface area contributed by atoms with Gasteiger partial charge < -0.3 is 5.32 Å². The largest absolute Gasteiger partial charge is 0.317 e. The highest BCUT2D eigenvalue weighted by Crippen LogP contribution is 2.25. The zero-order chi connectivity index (χ0) is 13.2. The third-order valence-corrected chi connectivity index (χ3v) is 5.58. The molecule has 1 aromatic carbocycles. The average molecular weight is 390 g/mol. The van der Waals surface area contributed by atoms with Crippen LogP contribution in [0.5, 0.6) is 0 Å². The molecule has 0 aromatic heterocycles. The van der Waals surface area contributed by atoms with Gasteiger partial charge in [0.2, 0.25) is 10.0 Å². The fraction of sp³-hybridized carbons (Fsp3) is 0.455. The molecule has 2 N–H and O–H groups in total. The van der Waals surface area contributed by atoms with Gasteiger partial charge in [-0.15, -0.1) is 12.4 Å². The highest BCUT2D eigenvalue weighted by molar-refractivity contribution is 9.10. The van der Waals surface area contributed by atoms with E-state index in [1.54, 1.807) is 12.1 Å². The Labute approximate surface area is 132 Å². The van der Waals surface area contributed by atoms with E-state index in [0.29, 0.717) is 9.50 Å². The molecule has 0 amide bonds. The molecule has 0 atom stereocenters. The molecule has 4 nitrogen and oxygen atoms in total. The Hall–Kier alpha value is 0.150. The summed E-state index contributed by atoms with van der Waals surface area (Å²) >= 11 is 9.04. The third-order valence-electron chi connectivity index (χ3n) is 2.84. The van der Waals surface area contributed by atoms with Crippen LogP contribution in [0.3, 0.4) is 0 Å². The zero-order valence-corrected chi connectivity index (χ0v) is 14.0. The molecule has 1 aromatic rings. The van der Waals surface area contributed by atoms with E-state index in [2.05, 4.69) is 26.0 Å². The maximum absolute atomic E-state index is 12.2. The predicted molar refractivity (Wildman–Crippen MR) is 82.6 cm³/mol. The smallest absolute Gasteiger partial charge is 0.241 e. The van der Waals surface area contributed by atoms with Gasteiger partial charge in [-0.2, -0.15) is 0 Å². The molecule has 0 spiro atoms. The molecule has 0 unspecified atom stereocenters. The van der Waals surface area contributed by atoms with E-state index in [0.717, 1.165) is 25.9 Å². The van der Waals surface area contributed by atoms with Crippen molar-refractivity contribution in [1.29, 1.82) is 0 Å². The molecule has 8 heteroatoms. The zero-order valence-electron chi connectivity index (χ0n) is 10.0. The van der Waals surface area contributed by atoms with Gasteiger partial charge in [-0.3, -0.25) is 0 Å². The molecular weight excluding hydrogens is 375 g/mol. The molecule has 1 fully saturated rings. The van der Waals surface area contributed by atoms with Crippen LogP contribution in [0, 0.1) is 0 Å². The lowest BCUT2D eigenvalue weighted by atomic mass is 10.1. The van der Waals surface area contributed by atoms with Crippen molar-refractivity contribution in [2.75, 3.05) is 13.1 Å². The Bertz CT molecular complexity index is 533. The summed E-state index contributed by atoms with van der Waals surface area (Å²) in [7, 11) is -3.49. The van der Waals surface area contributed by atoms with E-state index in [4.69, 9.17) is 11.6 Å². The highest BCUT2D eigenvalue weighted by atomic mass is 79.9. The van der Waals surface area contributed by atoms with Crippen molar-refractivity contribution >= 4 is 50.0 Å². The molecule has 108 valence electrons. The fourth-order valence-corrected chi connectivity index (χ4v) is 4.60. The number of hydrogen-bond donors (Lipinski definition) is 2. The van der Waals surface area contributed by atoms with Gasteiger partial charge in [0.05, 0.1) is 4.90 Å². The fourth-order valence-electron chi connectivity index (χ4n) is 1.92. The number of sulfonamides is 1. The summed E-state index contributed by atoms with van der Waals surface area (Å²) in [5.41, 5.74) is 0. The first kappa shape index (κ1) is 17.2. The molecule has 1 heterocycles. The van der Waals surface area contributed by atoms with Crippen molar-refractivity contribution in [3.05, 3.63) is 27.7 Å². The van der Waals surface area contributed by atoms with E-state index >= 15 is 0 Å². The van der Waals surface area contributed by atoms with Gasteiger partial charge in [0, 0.05) is 15.5 Å². The number of rotatable bonds is 3. The van der Waals surface area contributed by atoms with Crippen LogP contribution in [0.25, 0.3) is 0 Å². The normalized spacial score (nSPS) is 16.9. The number of halogens is 3. The van der Waals surface area contributed by atoms with E-state index in [1.807, 2.05) is 0 Å². The molecule has 1 saturated heterocycles. The van der Waals surface area contributed by atoms with E-state index in [-0.39, 0.29) is 23.3 Å². The number of nitrogens with one attached hydrogen (secondary N) is 2. The minimum Gasteiger partial charge on any atom is -0.317 e. The van der Waals surface area contributed by atoms with Crippen LogP contribution >= 0.6 is 39.9 Å². The number of hydrogen-bond acceptors (Lipinski definition) is 3. The maximum Gasteiger partial charge on any atom is 0.241 e. The first-order chi connectivity index (χ1) is 8.49. The summed E-state index contributed by atoms with van der Waals surface area (Å²) in [6.45, 7) is 1.68. The Morgan fingerprint density at radius 3 is 2.53 bits per heavy atom. The molecule has 1 aliphatic rings. The Balaban J connectivity index is 0.00000180.